The van der Waals surface area contributed by atoms with Crippen molar-refractivity contribution in [3.8, 4) is 0 Å². The number of aromatic nitrogens is 2. The molecule has 82 valence electrons. The largest absolute Gasteiger partial charge is 0.443 e. The Bertz CT molecular complexity index is 393. The van der Waals surface area contributed by atoms with Gasteiger partial charge in [0.2, 0.25) is 0 Å². The number of hydrogen-bond acceptors (Lipinski definition) is 4. The lowest BCUT2D eigenvalue weighted by atomic mass is 10.5. The van der Waals surface area contributed by atoms with Gasteiger partial charge in [0.15, 0.2) is 10.3 Å². The number of alkyl carbamates (subject to hydrolysis) is 1. The average molecular weight is 248 g/mol. The Hall–Kier alpha value is -0.880. The fourth-order valence-corrected chi connectivity index (χ4v) is 2.60. The summed E-state index contributed by atoms with van der Waals surface area (Å²) in [4.78, 5) is 15.1. The number of hydrogen-bond donors (Lipinski definition) is 1. The van der Waals surface area contributed by atoms with Gasteiger partial charge in [-0.05, 0) is 0 Å². The highest BCUT2D eigenvalue weighted by Crippen LogP contribution is 2.30. The van der Waals surface area contributed by atoms with E-state index < -0.39 is 6.09 Å². The number of nitrogens with zero attached hydrogens (tertiary/aromatic N) is 2. The van der Waals surface area contributed by atoms with E-state index in [1.54, 1.807) is 11.8 Å². The van der Waals surface area contributed by atoms with Crippen LogP contribution in [0.2, 0.25) is 5.15 Å². The molecule has 0 radical (unpaired) electrons. The summed E-state index contributed by atoms with van der Waals surface area (Å²) in [6.07, 6.45) is -0.465. The van der Waals surface area contributed by atoms with Gasteiger partial charge in [-0.25, -0.2) is 9.78 Å². The van der Waals surface area contributed by atoms with Crippen LogP contribution in [-0.4, -0.2) is 28.4 Å². The van der Waals surface area contributed by atoms with E-state index >= 15 is 0 Å². The van der Waals surface area contributed by atoms with Gasteiger partial charge in [-0.1, -0.05) is 23.4 Å². The summed E-state index contributed by atoms with van der Waals surface area (Å²) in [5.41, 5.74) is 0.764. The smallest absolute Gasteiger partial charge is 0.407 e. The molecule has 0 unspecified atom stereocenters. The molecule has 0 aliphatic carbocycles. The summed E-state index contributed by atoms with van der Waals surface area (Å²) < 4.78 is 6.92. The summed E-state index contributed by atoms with van der Waals surface area (Å²) in [5, 5.41) is 3.69. The standard InChI is InChI=1S/C8H10ClN3O2S/c1-10-8(13)14-4-5-6(9)11-7-12(5)2-3-15-7/h2-4H2,1H3,(H,10,13). The highest BCUT2D eigenvalue weighted by atomic mass is 35.5. The summed E-state index contributed by atoms with van der Waals surface area (Å²) >= 11 is 7.59. The van der Waals surface area contributed by atoms with Crippen molar-refractivity contribution in [1.82, 2.24) is 14.9 Å². The van der Waals surface area contributed by atoms with Gasteiger partial charge >= 0.3 is 6.09 Å². The van der Waals surface area contributed by atoms with Gasteiger partial charge in [-0.3, -0.25) is 0 Å². The van der Waals surface area contributed by atoms with Crippen molar-refractivity contribution < 1.29 is 9.53 Å². The van der Waals surface area contributed by atoms with Gasteiger partial charge < -0.3 is 14.6 Å². The Morgan fingerprint density at radius 2 is 2.60 bits per heavy atom. The molecule has 1 aromatic rings. The maximum atomic E-state index is 10.9. The lowest BCUT2D eigenvalue weighted by Gasteiger charge is -2.05. The highest BCUT2D eigenvalue weighted by molar-refractivity contribution is 7.99. The summed E-state index contributed by atoms with van der Waals surface area (Å²) in [6, 6.07) is 0. The lowest BCUT2D eigenvalue weighted by molar-refractivity contribution is 0.139. The molecule has 7 heteroatoms. The molecule has 1 aliphatic rings. The number of amides is 1. The molecule has 15 heavy (non-hydrogen) atoms. The van der Waals surface area contributed by atoms with Crippen LogP contribution in [0.5, 0.6) is 0 Å². The number of carbonyl (C=O) groups is 1. The normalized spacial score (nSPS) is 13.7. The van der Waals surface area contributed by atoms with Gasteiger partial charge in [0.05, 0.1) is 5.69 Å². The number of ether oxygens (including phenoxy) is 1. The predicted octanol–water partition coefficient (Wildman–Crippen LogP) is 1.50. The van der Waals surface area contributed by atoms with E-state index in [9.17, 15) is 4.79 Å². The Labute approximate surface area is 96.1 Å². The average Bonchev–Trinajstić information content (AvgIpc) is 2.75. The Morgan fingerprint density at radius 1 is 1.80 bits per heavy atom. The summed E-state index contributed by atoms with van der Waals surface area (Å²) in [5.74, 6) is 0.993. The molecular formula is C8H10ClN3O2S. The van der Waals surface area contributed by atoms with Crippen LogP contribution in [0.1, 0.15) is 5.69 Å². The number of nitrogens with one attached hydrogen (secondary N) is 1. The van der Waals surface area contributed by atoms with Crippen LogP contribution in [0.25, 0.3) is 0 Å². The van der Waals surface area contributed by atoms with Crippen molar-refractivity contribution in [1.29, 1.82) is 0 Å². The first-order valence-electron chi connectivity index (χ1n) is 4.44. The van der Waals surface area contributed by atoms with E-state index in [0.29, 0.717) is 5.15 Å². The number of thioether (sulfide) groups is 1. The van der Waals surface area contributed by atoms with Crippen molar-refractivity contribution in [3.05, 3.63) is 10.8 Å². The molecule has 0 aromatic carbocycles. The monoisotopic (exact) mass is 247 g/mol. The molecule has 0 saturated heterocycles. The van der Waals surface area contributed by atoms with Crippen LogP contribution in [0.4, 0.5) is 4.79 Å². The number of fused-ring (bicyclic) bond motifs is 1. The second-order valence-corrected chi connectivity index (χ2v) is 4.38. The second-order valence-electron chi connectivity index (χ2n) is 2.96. The number of imidazole rings is 1. The quantitative estimate of drug-likeness (QED) is 0.861. The van der Waals surface area contributed by atoms with Gasteiger partial charge in [-0.2, -0.15) is 0 Å². The molecule has 0 bridgehead atoms. The molecular weight excluding hydrogens is 238 g/mol. The number of carbonyl (C=O) groups excluding carboxylic acids is 1. The number of rotatable bonds is 2. The zero-order valence-corrected chi connectivity index (χ0v) is 9.69. The fraction of sp³-hybridized carbons (Fsp3) is 0.500. The third kappa shape index (κ3) is 2.05. The Kier molecular flexibility index (Phi) is 3.06. The maximum Gasteiger partial charge on any atom is 0.407 e. The van der Waals surface area contributed by atoms with Gasteiger partial charge in [0, 0.05) is 19.3 Å². The van der Waals surface area contributed by atoms with Gasteiger partial charge in [0.1, 0.15) is 6.61 Å². The maximum absolute atomic E-state index is 10.9. The molecule has 1 aliphatic heterocycles. The van der Waals surface area contributed by atoms with Crippen LogP contribution in [0.15, 0.2) is 5.16 Å². The van der Waals surface area contributed by atoms with E-state index in [0.717, 1.165) is 23.1 Å². The molecule has 1 aromatic heterocycles. The van der Waals surface area contributed by atoms with Crippen molar-refractivity contribution >= 4 is 29.5 Å². The zero-order valence-electron chi connectivity index (χ0n) is 8.12. The lowest BCUT2D eigenvalue weighted by Crippen LogP contribution is -2.19. The SMILES string of the molecule is CNC(=O)OCc1c(Cl)nc2n1CCS2. The van der Waals surface area contributed by atoms with Crippen molar-refractivity contribution in [2.24, 2.45) is 0 Å². The molecule has 5 nitrogen and oxygen atoms in total. The first kappa shape index (κ1) is 10.6. The number of halogens is 1. The first-order valence-corrected chi connectivity index (χ1v) is 5.81. The van der Waals surface area contributed by atoms with E-state index in [1.165, 1.54) is 7.05 Å². The molecule has 1 N–H and O–H groups in total. The molecule has 0 spiro atoms. The van der Waals surface area contributed by atoms with Crippen LogP contribution in [-0.2, 0) is 17.9 Å². The highest BCUT2D eigenvalue weighted by Gasteiger charge is 2.21. The molecule has 2 rings (SSSR count). The Morgan fingerprint density at radius 3 is 3.33 bits per heavy atom. The predicted molar refractivity (Wildman–Crippen MR) is 57.2 cm³/mol. The van der Waals surface area contributed by atoms with E-state index in [4.69, 9.17) is 16.3 Å². The van der Waals surface area contributed by atoms with Crippen LogP contribution in [0.3, 0.4) is 0 Å². The molecule has 0 saturated carbocycles. The van der Waals surface area contributed by atoms with Gasteiger partial charge in [0.25, 0.3) is 0 Å². The van der Waals surface area contributed by atoms with E-state index in [2.05, 4.69) is 10.3 Å². The fourth-order valence-electron chi connectivity index (χ4n) is 1.35. The zero-order chi connectivity index (χ0) is 10.8. The molecule has 1 amide bonds. The first-order chi connectivity index (χ1) is 7.22. The topological polar surface area (TPSA) is 56.1 Å². The van der Waals surface area contributed by atoms with Crippen LogP contribution >= 0.6 is 23.4 Å². The minimum absolute atomic E-state index is 0.159. The van der Waals surface area contributed by atoms with Crippen molar-refractivity contribution in [3.63, 3.8) is 0 Å². The van der Waals surface area contributed by atoms with Crippen molar-refractivity contribution in [2.45, 2.75) is 18.3 Å². The molecule has 0 atom stereocenters. The van der Waals surface area contributed by atoms with Crippen LogP contribution < -0.4 is 5.32 Å². The third-order valence-electron chi connectivity index (χ3n) is 2.08. The minimum Gasteiger partial charge on any atom is -0.443 e. The molecule has 2 heterocycles. The second kappa shape index (κ2) is 4.32. The third-order valence-corrected chi connectivity index (χ3v) is 3.34. The molecule has 0 fully saturated rings. The van der Waals surface area contributed by atoms with Crippen molar-refractivity contribution in [2.75, 3.05) is 12.8 Å². The summed E-state index contributed by atoms with van der Waals surface area (Å²) in [6.45, 7) is 1.03. The Balaban J connectivity index is 2.11. The summed E-state index contributed by atoms with van der Waals surface area (Å²) in [7, 11) is 1.51. The minimum atomic E-state index is -0.465. The van der Waals surface area contributed by atoms with Crippen LogP contribution in [0, 0.1) is 0 Å². The van der Waals surface area contributed by atoms with E-state index in [1.807, 2.05) is 4.57 Å². The van der Waals surface area contributed by atoms with Gasteiger partial charge in [-0.15, -0.1) is 0 Å². The van der Waals surface area contributed by atoms with E-state index in [-0.39, 0.29) is 6.61 Å².